The average Bonchev–Trinajstić information content (AvgIpc) is 2.26. The van der Waals surface area contributed by atoms with Gasteiger partial charge < -0.3 is 5.11 Å². The maximum atomic E-state index is 12.3. The lowest BCUT2D eigenvalue weighted by Gasteiger charge is -2.31. The summed E-state index contributed by atoms with van der Waals surface area (Å²) in [5.41, 5.74) is 0. The molecule has 5 nitrogen and oxygen atoms in total. The van der Waals surface area contributed by atoms with Crippen molar-refractivity contribution in [2.45, 2.75) is 54.8 Å². The number of carboxylic acids is 1. The van der Waals surface area contributed by atoms with E-state index in [2.05, 4.69) is 0 Å². The second-order valence-corrected chi connectivity index (χ2v) is 9.96. The quantitative estimate of drug-likeness (QED) is 0.834. The Morgan fingerprint density at radius 2 is 1.89 bits per heavy atom. The Balaban J connectivity index is 2.86. The smallest absolute Gasteiger partial charge is 0.321 e. The van der Waals surface area contributed by atoms with E-state index in [0.29, 0.717) is 25.7 Å². The second-order valence-electron chi connectivity index (χ2n) is 5.35. The highest BCUT2D eigenvalue weighted by molar-refractivity contribution is 7.91. The van der Waals surface area contributed by atoms with E-state index in [0.717, 1.165) is 0 Å². The minimum Gasteiger partial charge on any atom is -0.480 e. The number of hydrogen-bond donors (Lipinski definition) is 1. The van der Waals surface area contributed by atoms with E-state index >= 15 is 0 Å². The van der Waals surface area contributed by atoms with E-state index in [4.69, 9.17) is 5.11 Å². The van der Waals surface area contributed by atoms with Crippen LogP contribution in [0.1, 0.15) is 39.5 Å². The molecule has 18 heavy (non-hydrogen) atoms. The van der Waals surface area contributed by atoms with E-state index in [9.17, 15) is 17.4 Å². The van der Waals surface area contributed by atoms with Crippen molar-refractivity contribution in [2.24, 2.45) is 0 Å². The molecule has 0 aliphatic heterocycles. The molecule has 0 spiro atoms. The summed E-state index contributed by atoms with van der Waals surface area (Å²) in [4.78, 5) is 11.1. The Kier molecular flexibility index (Phi) is 4.59. The van der Waals surface area contributed by atoms with Gasteiger partial charge in [0.2, 0.25) is 0 Å². The first kappa shape index (κ1) is 15.6. The summed E-state index contributed by atoms with van der Waals surface area (Å²) in [5, 5.41) is 8.23. The van der Waals surface area contributed by atoms with Crippen molar-refractivity contribution >= 4 is 26.6 Å². The predicted molar refractivity (Wildman–Crippen MR) is 70.7 cm³/mol. The fourth-order valence-corrected chi connectivity index (χ4v) is 5.28. The number of carbonyl (C=O) groups is 1. The van der Waals surface area contributed by atoms with Gasteiger partial charge in [-0.3, -0.25) is 9.00 Å². The van der Waals surface area contributed by atoms with Gasteiger partial charge in [-0.15, -0.1) is 0 Å². The second kappa shape index (κ2) is 5.28. The molecule has 1 rings (SSSR count). The maximum Gasteiger partial charge on any atom is 0.321 e. The van der Waals surface area contributed by atoms with Crippen molar-refractivity contribution < 1.29 is 22.5 Å². The fraction of sp³-hybridized carbons (Fsp3) is 0.909. The van der Waals surface area contributed by atoms with Crippen LogP contribution < -0.4 is 0 Å². The summed E-state index contributed by atoms with van der Waals surface area (Å²) in [7, 11) is -4.71. The van der Waals surface area contributed by atoms with Crippen LogP contribution in [0.4, 0.5) is 0 Å². The fourth-order valence-electron chi connectivity index (χ4n) is 2.19. The minimum absolute atomic E-state index is 0.308. The van der Waals surface area contributed by atoms with Gasteiger partial charge in [-0.05, 0) is 33.1 Å². The van der Waals surface area contributed by atoms with Gasteiger partial charge >= 0.3 is 5.97 Å². The molecule has 1 N–H and O–H groups in total. The Bertz CT molecular complexity index is 452. The van der Waals surface area contributed by atoms with Crippen molar-refractivity contribution in [3.8, 4) is 0 Å². The van der Waals surface area contributed by atoms with E-state index < -0.39 is 36.6 Å². The highest BCUT2D eigenvalue weighted by atomic mass is 32.2. The number of carboxylic acid groups (broad SMARTS) is 1. The van der Waals surface area contributed by atoms with Gasteiger partial charge in [-0.2, -0.15) is 0 Å². The Labute approximate surface area is 110 Å². The number of aliphatic carboxylic acids is 1. The van der Waals surface area contributed by atoms with Gasteiger partial charge in [0.1, 0.15) is 14.6 Å². The molecule has 0 heterocycles. The Hall–Kier alpha value is -0.430. The van der Waals surface area contributed by atoms with E-state index in [1.54, 1.807) is 0 Å². The summed E-state index contributed by atoms with van der Waals surface area (Å²) in [6, 6.07) is 0. The zero-order valence-electron chi connectivity index (χ0n) is 10.9. The number of hydrogen-bond acceptors (Lipinski definition) is 4. The SMILES string of the molecule is CC(C)(C(=O)O)S(=O)C1CCCC(S(C)(=O)=O)C1. The third-order valence-electron chi connectivity index (χ3n) is 3.50. The molecule has 1 fully saturated rings. The van der Waals surface area contributed by atoms with Crippen LogP contribution in [-0.4, -0.2) is 45.2 Å². The lowest BCUT2D eigenvalue weighted by Crippen LogP contribution is -2.44. The van der Waals surface area contributed by atoms with Gasteiger partial charge in [-0.25, -0.2) is 8.42 Å². The molecule has 0 radical (unpaired) electrons. The molecule has 1 aliphatic rings. The third kappa shape index (κ3) is 3.32. The molecule has 3 atom stereocenters. The molecule has 7 heteroatoms. The van der Waals surface area contributed by atoms with Crippen LogP contribution >= 0.6 is 0 Å². The van der Waals surface area contributed by atoms with Crippen LogP contribution in [0.25, 0.3) is 0 Å². The van der Waals surface area contributed by atoms with E-state index in [1.165, 1.54) is 20.1 Å². The molecular formula is C11H20O5S2. The summed E-state index contributed by atoms with van der Waals surface area (Å²) in [6.07, 6.45) is 3.40. The molecule has 0 saturated heterocycles. The topological polar surface area (TPSA) is 88.5 Å². The molecule has 0 aromatic carbocycles. The van der Waals surface area contributed by atoms with Gasteiger partial charge in [0.25, 0.3) is 0 Å². The highest BCUT2D eigenvalue weighted by Gasteiger charge is 2.41. The summed E-state index contributed by atoms with van der Waals surface area (Å²) >= 11 is 0. The zero-order valence-corrected chi connectivity index (χ0v) is 12.5. The number of sulfone groups is 1. The Morgan fingerprint density at radius 1 is 1.33 bits per heavy atom. The average molecular weight is 296 g/mol. The van der Waals surface area contributed by atoms with Crippen LogP contribution in [0, 0.1) is 0 Å². The van der Waals surface area contributed by atoms with Crippen molar-refractivity contribution in [1.82, 2.24) is 0 Å². The molecule has 0 aromatic rings. The van der Waals surface area contributed by atoms with Crippen molar-refractivity contribution in [3.63, 3.8) is 0 Å². The lowest BCUT2D eigenvalue weighted by atomic mass is 10.00. The van der Waals surface area contributed by atoms with Gasteiger partial charge in [0.15, 0.2) is 0 Å². The van der Waals surface area contributed by atoms with E-state index in [-0.39, 0.29) is 5.25 Å². The normalized spacial score (nSPS) is 27.7. The monoisotopic (exact) mass is 296 g/mol. The first-order valence-electron chi connectivity index (χ1n) is 5.89. The number of rotatable bonds is 4. The molecule has 3 unspecified atom stereocenters. The maximum absolute atomic E-state index is 12.3. The van der Waals surface area contributed by atoms with Crippen LogP contribution in [0.5, 0.6) is 0 Å². The molecule has 0 aromatic heterocycles. The predicted octanol–water partition coefficient (Wildman–Crippen LogP) is 0.954. The molecule has 0 bridgehead atoms. The van der Waals surface area contributed by atoms with Crippen molar-refractivity contribution in [2.75, 3.05) is 6.26 Å². The van der Waals surface area contributed by atoms with Crippen molar-refractivity contribution in [1.29, 1.82) is 0 Å². The summed E-state index contributed by atoms with van der Waals surface area (Å²) in [5.74, 6) is -1.11. The molecule has 1 saturated carbocycles. The first-order valence-corrected chi connectivity index (χ1v) is 9.06. The van der Waals surface area contributed by atoms with Gasteiger partial charge in [-0.1, -0.05) is 6.42 Å². The largest absolute Gasteiger partial charge is 0.480 e. The Morgan fingerprint density at radius 3 is 2.33 bits per heavy atom. The molecule has 0 amide bonds. The van der Waals surface area contributed by atoms with Crippen molar-refractivity contribution in [3.05, 3.63) is 0 Å². The van der Waals surface area contributed by atoms with Crippen LogP contribution in [0.15, 0.2) is 0 Å². The summed E-state index contributed by atoms with van der Waals surface area (Å²) in [6.45, 7) is 2.85. The van der Waals surface area contributed by atoms with Crippen LogP contribution in [0.3, 0.4) is 0 Å². The highest BCUT2D eigenvalue weighted by Crippen LogP contribution is 2.31. The van der Waals surface area contributed by atoms with Crippen LogP contribution in [0.2, 0.25) is 0 Å². The first-order chi connectivity index (χ1) is 8.06. The third-order valence-corrected chi connectivity index (χ3v) is 7.36. The van der Waals surface area contributed by atoms with E-state index in [1.807, 2.05) is 0 Å². The summed E-state index contributed by atoms with van der Waals surface area (Å²) < 4.78 is 34.0. The van der Waals surface area contributed by atoms with Gasteiger partial charge in [0, 0.05) is 22.3 Å². The molecule has 1 aliphatic carbocycles. The van der Waals surface area contributed by atoms with Gasteiger partial charge in [0.05, 0.1) is 5.25 Å². The van der Waals surface area contributed by atoms with Crippen LogP contribution in [-0.2, 0) is 25.4 Å². The minimum atomic E-state index is -3.14. The zero-order chi connectivity index (χ0) is 14.1. The standard InChI is InChI=1S/C11H20O5S2/c1-11(2,10(12)13)17(14)8-5-4-6-9(7-8)18(3,15)16/h8-9H,4-7H2,1-3H3,(H,12,13). The lowest BCUT2D eigenvalue weighted by molar-refractivity contribution is -0.139. The molecule has 106 valence electrons. The molecular weight excluding hydrogens is 276 g/mol.